The van der Waals surface area contributed by atoms with Crippen molar-refractivity contribution in [3.05, 3.63) is 35.4 Å². The number of methoxy groups -OCH3 is 1. The summed E-state index contributed by atoms with van der Waals surface area (Å²) >= 11 is 0. The summed E-state index contributed by atoms with van der Waals surface area (Å²) in [5, 5.41) is 0. The van der Waals surface area contributed by atoms with Crippen LogP contribution in [-0.2, 0) is 9.53 Å². The molecule has 20 heavy (non-hydrogen) atoms. The minimum absolute atomic E-state index is 0.178. The summed E-state index contributed by atoms with van der Waals surface area (Å²) in [4.78, 5) is 14.5. The topological polar surface area (TPSA) is 55.6 Å². The molecular formula is C16H20N2O2. The van der Waals surface area contributed by atoms with E-state index in [-0.39, 0.29) is 12.0 Å². The smallest absolute Gasteiger partial charge is 0.335 e. The maximum absolute atomic E-state index is 12.2. The van der Waals surface area contributed by atoms with Crippen LogP contribution in [0.3, 0.4) is 0 Å². The van der Waals surface area contributed by atoms with Gasteiger partial charge < -0.3 is 10.5 Å². The van der Waals surface area contributed by atoms with Crippen molar-refractivity contribution in [2.45, 2.75) is 31.3 Å². The summed E-state index contributed by atoms with van der Waals surface area (Å²) < 4.78 is 5.02. The van der Waals surface area contributed by atoms with Gasteiger partial charge in [0.05, 0.1) is 12.7 Å². The van der Waals surface area contributed by atoms with Crippen LogP contribution in [0.5, 0.6) is 0 Å². The highest BCUT2D eigenvalue weighted by molar-refractivity contribution is 6.00. The second-order valence-electron chi connectivity index (χ2n) is 5.63. The number of likely N-dealkylation sites (N-methyl/N-ethyl adjacent to an activating group) is 1. The van der Waals surface area contributed by atoms with Gasteiger partial charge in [-0.2, -0.15) is 0 Å². The molecule has 2 aliphatic rings. The molecule has 4 heteroatoms. The molecule has 2 N–H and O–H groups in total. The second-order valence-corrected chi connectivity index (χ2v) is 5.63. The number of carbonyl (C=O) groups is 1. The Kier molecular flexibility index (Phi) is 3.26. The van der Waals surface area contributed by atoms with E-state index in [0.29, 0.717) is 6.04 Å². The van der Waals surface area contributed by atoms with Crippen LogP contribution in [0, 0.1) is 0 Å². The molecule has 106 valence electrons. The lowest BCUT2D eigenvalue weighted by atomic mass is 9.88. The number of hydrogen-bond acceptors (Lipinski definition) is 4. The normalized spacial score (nSPS) is 25.9. The molecule has 0 spiro atoms. The lowest BCUT2D eigenvalue weighted by Crippen LogP contribution is -2.40. The van der Waals surface area contributed by atoms with Crippen LogP contribution < -0.4 is 5.73 Å². The fraction of sp³-hybridized carbons (Fsp3) is 0.438. The van der Waals surface area contributed by atoms with Crippen molar-refractivity contribution in [2.75, 3.05) is 19.9 Å². The Labute approximate surface area is 119 Å². The quantitative estimate of drug-likeness (QED) is 0.661. The Balaban J connectivity index is 2.13. The van der Waals surface area contributed by atoms with Crippen molar-refractivity contribution in [2.24, 2.45) is 0 Å². The highest BCUT2D eigenvalue weighted by Crippen LogP contribution is 2.42. The van der Waals surface area contributed by atoms with E-state index >= 15 is 0 Å². The number of benzene rings is 1. The van der Waals surface area contributed by atoms with Crippen molar-refractivity contribution in [3.63, 3.8) is 0 Å². The van der Waals surface area contributed by atoms with Crippen LogP contribution in [0.2, 0.25) is 0 Å². The summed E-state index contributed by atoms with van der Waals surface area (Å²) in [7, 11) is 3.55. The molecular weight excluding hydrogens is 252 g/mol. The average Bonchev–Trinajstić information content (AvgIpc) is 2.69. The molecule has 1 saturated heterocycles. The van der Waals surface area contributed by atoms with Crippen LogP contribution in [-0.4, -0.2) is 37.1 Å². The third-order valence-electron chi connectivity index (χ3n) is 4.58. The zero-order valence-electron chi connectivity index (χ0n) is 11.9. The SMILES string of the molecule is COC(=O)C1=C(c2cccc(N)c2)CC2CCC1N2C. The number of hydrogen-bond donors (Lipinski definition) is 1. The van der Waals surface area contributed by atoms with Gasteiger partial charge in [0, 0.05) is 17.8 Å². The molecule has 2 atom stereocenters. The van der Waals surface area contributed by atoms with Gasteiger partial charge in [-0.25, -0.2) is 4.79 Å². The van der Waals surface area contributed by atoms with Gasteiger partial charge in [0.2, 0.25) is 0 Å². The van der Waals surface area contributed by atoms with Gasteiger partial charge in [-0.3, -0.25) is 4.90 Å². The van der Waals surface area contributed by atoms with Crippen LogP contribution in [0.25, 0.3) is 5.57 Å². The summed E-state index contributed by atoms with van der Waals surface area (Å²) in [6, 6.07) is 8.48. The third kappa shape index (κ3) is 2.00. The van der Waals surface area contributed by atoms with Crippen LogP contribution >= 0.6 is 0 Å². The number of carbonyl (C=O) groups excluding carboxylic acids is 1. The van der Waals surface area contributed by atoms with Crippen molar-refractivity contribution >= 4 is 17.2 Å². The lowest BCUT2D eigenvalue weighted by Gasteiger charge is -2.34. The minimum Gasteiger partial charge on any atom is -0.466 e. The van der Waals surface area contributed by atoms with Gasteiger partial charge >= 0.3 is 5.97 Å². The largest absolute Gasteiger partial charge is 0.466 e. The summed E-state index contributed by atoms with van der Waals surface area (Å²) in [5.41, 5.74) is 9.58. The maximum Gasteiger partial charge on any atom is 0.335 e. The molecule has 1 aromatic carbocycles. The fourth-order valence-corrected chi connectivity index (χ4v) is 3.52. The molecule has 0 radical (unpaired) electrons. The van der Waals surface area contributed by atoms with Crippen molar-refractivity contribution in [1.29, 1.82) is 0 Å². The molecule has 0 amide bonds. The number of fused-ring (bicyclic) bond motifs is 2. The molecule has 0 saturated carbocycles. The van der Waals surface area contributed by atoms with Gasteiger partial charge in [-0.15, -0.1) is 0 Å². The fourth-order valence-electron chi connectivity index (χ4n) is 3.52. The zero-order chi connectivity index (χ0) is 14.3. The average molecular weight is 272 g/mol. The maximum atomic E-state index is 12.2. The van der Waals surface area contributed by atoms with E-state index < -0.39 is 0 Å². The first kappa shape index (κ1) is 13.2. The van der Waals surface area contributed by atoms with Gasteiger partial charge in [-0.05, 0) is 49.6 Å². The predicted octanol–water partition coefficient (Wildman–Crippen LogP) is 2.06. The molecule has 2 unspecified atom stereocenters. The molecule has 0 aliphatic carbocycles. The van der Waals surface area contributed by atoms with E-state index in [4.69, 9.17) is 10.5 Å². The first-order valence-electron chi connectivity index (χ1n) is 7.01. The van der Waals surface area contributed by atoms with E-state index in [9.17, 15) is 4.79 Å². The molecule has 1 fully saturated rings. The number of rotatable bonds is 2. The summed E-state index contributed by atoms with van der Waals surface area (Å²) in [5.74, 6) is -0.209. The molecule has 1 aromatic rings. The van der Waals surface area contributed by atoms with Crippen LogP contribution in [0.4, 0.5) is 5.69 Å². The number of nitrogens with two attached hydrogens (primary N) is 1. The van der Waals surface area contributed by atoms with Crippen molar-refractivity contribution < 1.29 is 9.53 Å². The van der Waals surface area contributed by atoms with Crippen molar-refractivity contribution in [1.82, 2.24) is 4.90 Å². The van der Waals surface area contributed by atoms with E-state index in [2.05, 4.69) is 11.9 Å². The Morgan fingerprint density at radius 1 is 1.40 bits per heavy atom. The molecule has 0 aromatic heterocycles. The summed E-state index contributed by atoms with van der Waals surface area (Å²) in [6.07, 6.45) is 3.05. The number of esters is 1. The summed E-state index contributed by atoms with van der Waals surface area (Å²) in [6.45, 7) is 0. The minimum atomic E-state index is -0.209. The molecule has 2 aliphatic heterocycles. The Bertz CT molecular complexity index is 580. The first-order valence-corrected chi connectivity index (χ1v) is 7.01. The second kappa shape index (κ2) is 4.94. The number of nitrogen functional groups attached to an aromatic ring is 1. The van der Waals surface area contributed by atoms with Crippen molar-refractivity contribution in [3.8, 4) is 0 Å². The molecule has 2 heterocycles. The van der Waals surface area contributed by atoms with Gasteiger partial charge in [0.15, 0.2) is 0 Å². The molecule has 2 bridgehead atoms. The predicted molar refractivity (Wildman–Crippen MR) is 79.0 cm³/mol. The number of ether oxygens (including phenoxy) is 1. The zero-order valence-corrected chi connectivity index (χ0v) is 11.9. The highest BCUT2D eigenvalue weighted by atomic mass is 16.5. The Hall–Kier alpha value is -1.81. The number of nitrogens with zero attached hydrogens (tertiary/aromatic N) is 1. The molecule has 3 rings (SSSR count). The van der Waals surface area contributed by atoms with Gasteiger partial charge in [-0.1, -0.05) is 12.1 Å². The lowest BCUT2D eigenvalue weighted by molar-refractivity contribution is -0.136. The Morgan fingerprint density at radius 2 is 2.20 bits per heavy atom. The van der Waals surface area contributed by atoms with Crippen LogP contribution in [0.15, 0.2) is 29.8 Å². The molecule has 4 nitrogen and oxygen atoms in total. The highest BCUT2D eigenvalue weighted by Gasteiger charge is 2.42. The standard InChI is InChI=1S/C16H20N2O2/c1-18-12-6-7-14(18)15(16(19)20-2)13(9-12)10-4-3-5-11(17)8-10/h3-5,8,12,14H,6-7,9,17H2,1-2H3. The van der Waals surface area contributed by atoms with Gasteiger partial charge in [0.1, 0.15) is 0 Å². The van der Waals surface area contributed by atoms with E-state index in [1.807, 2.05) is 24.3 Å². The first-order chi connectivity index (χ1) is 9.61. The van der Waals surface area contributed by atoms with Crippen LogP contribution in [0.1, 0.15) is 24.8 Å². The number of anilines is 1. The monoisotopic (exact) mass is 272 g/mol. The third-order valence-corrected chi connectivity index (χ3v) is 4.58. The van der Waals surface area contributed by atoms with Gasteiger partial charge in [0.25, 0.3) is 0 Å². The van der Waals surface area contributed by atoms with E-state index in [1.54, 1.807) is 0 Å². The van der Waals surface area contributed by atoms with E-state index in [1.165, 1.54) is 7.11 Å². The Morgan fingerprint density at radius 3 is 2.90 bits per heavy atom. The van der Waals surface area contributed by atoms with E-state index in [0.717, 1.165) is 41.7 Å².